The predicted molar refractivity (Wildman–Crippen MR) is 68.2 cm³/mol. The van der Waals surface area contributed by atoms with Gasteiger partial charge in [0.15, 0.2) is 0 Å². The quantitative estimate of drug-likeness (QED) is 0.729. The number of piperidine rings is 1. The van der Waals surface area contributed by atoms with Crippen LogP contribution < -0.4 is 5.32 Å². The molecule has 2 fully saturated rings. The molecule has 2 N–H and O–H groups in total. The van der Waals surface area contributed by atoms with Crippen molar-refractivity contribution in [3.05, 3.63) is 0 Å². The number of morpholine rings is 1. The van der Waals surface area contributed by atoms with Crippen molar-refractivity contribution >= 4 is 5.91 Å². The maximum atomic E-state index is 12.6. The Bertz CT molecular complexity index is 307. The van der Waals surface area contributed by atoms with E-state index in [1.807, 2.05) is 4.90 Å². The monoisotopic (exact) mass is 256 g/mol. The highest BCUT2D eigenvalue weighted by molar-refractivity contribution is 5.83. The van der Waals surface area contributed by atoms with E-state index in [0.717, 1.165) is 19.4 Å². The van der Waals surface area contributed by atoms with Gasteiger partial charge in [0.2, 0.25) is 5.91 Å². The summed E-state index contributed by atoms with van der Waals surface area (Å²) in [6.45, 7) is 6.83. The average Bonchev–Trinajstić information content (AvgIpc) is 2.37. The van der Waals surface area contributed by atoms with Crippen LogP contribution in [0.2, 0.25) is 0 Å². The SMILES string of the molecule is CC1(C)CCCNC1C(=O)N1CCOC(CO)C1. The van der Waals surface area contributed by atoms with E-state index in [0.29, 0.717) is 19.7 Å². The molecule has 0 spiro atoms. The molecule has 5 nitrogen and oxygen atoms in total. The minimum atomic E-state index is -0.227. The van der Waals surface area contributed by atoms with Crippen molar-refractivity contribution in [2.75, 3.05) is 32.8 Å². The largest absolute Gasteiger partial charge is 0.394 e. The Kier molecular flexibility index (Phi) is 4.25. The minimum absolute atomic E-state index is 0.00233. The molecule has 2 aliphatic heterocycles. The van der Waals surface area contributed by atoms with Crippen LogP contribution in [-0.2, 0) is 9.53 Å². The molecule has 18 heavy (non-hydrogen) atoms. The molecule has 0 aromatic carbocycles. The first kappa shape index (κ1) is 13.8. The van der Waals surface area contributed by atoms with Gasteiger partial charge in [-0.3, -0.25) is 4.79 Å². The van der Waals surface area contributed by atoms with Crippen LogP contribution in [0.25, 0.3) is 0 Å². The number of amides is 1. The van der Waals surface area contributed by atoms with Crippen molar-refractivity contribution < 1.29 is 14.6 Å². The van der Waals surface area contributed by atoms with Gasteiger partial charge in [0.1, 0.15) is 0 Å². The Hall–Kier alpha value is -0.650. The van der Waals surface area contributed by atoms with Gasteiger partial charge < -0.3 is 20.1 Å². The molecular formula is C13H24N2O3. The molecule has 2 unspecified atom stereocenters. The van der Waals surface area contributed by atoms with Gasteiger partial charge >= 0.3 is 0 Å². The van der Waals surface area contributed by atoms with Crippen LogP contribution >= 0.6 is 0 Å². The third-order valence-corrected chi connectivity index (χ3v) is 4.03. The molecule has 2 atom stereocenters. The lowest BCUT2D eigenvalue weighted by molar-refractivity contribution is -0.146. The van der Waals surface area contributed by atoms with Crippen molar-refractivity contribution in [3.8, 4) is 0 Å². The Morgan fingerprint density at radius 1 is 1.56 bits per heavy atom. The van der Waals surface area contributed by atoms with E-state index in [9.17, 15) is 4.79 Å². The second kappa shape index (κ2) is 5.55. The molecule has 1 amide bonds. The fourth-order valence-electron chi connectivity index (χ4n) is 2.85. The van der Waals surface area contributed by atoms with Gasteiger partial charge in [-0.2, -0.15) is 0 Å². The smallest absolute Gasteiger partial charge is 0.240 e. The summed E-state index contributed by atoms with van der Waals surface area (Å²) in [6, 6.07) is -0.108. The fraction of sp³-hybridized carbons (Fsp3) is 0.923. The molecule has 5 heteroatoms. The Morgan fingerprint density at radius 2 is 2.33 bits per heavy atom. The summed E-state index contributed by atoms with van der Waals surface area (Å²) in [5.41, 5.74) is 0.00233. The topological polar surface area (TPSA) is 61.8 Å². The van der Waals surface area contributed by atoms with Crippen LogP contribution in [0.15, 0.2) is 0 Å². The minimum Gasteiger partial charge on any atom is -0.394 e. The number of carbonyl (C=O) groups is 1. The first-order valence-electron chi connectivity index (χ1n) is 6.79. The molecule has 2 rings (SSSR count). The zero-order chi connectivity index (χ0) is 13.2. The Morgan fingerprint density at radius 3 is 3.00 bits per heavy atom. The second-order valence-corrected chi connectivity index (χ2v) is 5.94. The van der Waals surface area contributed by atoms with Crippen molar-refractivity contribution in [2.24, 2.45) is 5.41 Å². The summed E-state index contributed by atoms with van der Waals surface area (Å²) in [4.78, 5) is 14.4. The predicted octanol–water partition coefficient (Wildman–Crippen LogP) is -0.0157. The van der Waals surface area contributed by atoms with Gasteiger partial charge in [0.05, 0.1) is 25.4 Å². The molecule has 0 aliphatic carbocycles. The van der Waals surface area contributed by atoms with E-state index < -0.39 is 0 Å². The maximum Gasteiger partial charge on any atom is 0.240 e. The summed E-state index contributed by atoms with van der Waals surface area (Å²) < 4.78 is 5.38. The van der Waals surface area contributed by atoms with E-state index in [1.54, 1.807) is 0 Å². The molecule has 2 aliphatic rings. The molecule has 0 aromatic rings. The highest BCUT2D eigenvalue weighted by Crippen LogP contribution is 2.31. The number of hydrogen-bond donors (Lipinski definition) is 2. The van der Waals surface area contributed by atoms with Gasteiger partial charge in [0.25, 0.3) is 0 Å². The van der Waals surface area contributed by atoms with Crippen LogP contribution in [0, 0.1) is 5.41 Å². The average molecular weight is 256 g/mol. The van der Waals surface area contributed by atoms with Crippen molar-refractivity contribution in [3.63, 3.8) is 0 Å². The van der Waals surface area contributed by atoms with E-state index >= 15 is 0 Å². The number of aliphatic hydroxyl groups excluding tert-OH is 1. The summed E-state index contributed by atoms with van der Waals surface area (Å²) in [6.07, 6.45) is 1.97. The van der Waals surface area contributed by atoms with Crippen LogP contribution in [0.1, 0.15) is 26.7 Å². The molecule has 0 bridgehead atoms. The third kappa shape index (κ3) is 2.84. The normalized spacial score (nSPS) is 32.3. The number of aliphatic hydroxyl groups is 1. The molecule has 0 aromatic heterocycles. The van der Waals surface area contributed by atoms with Gasteiger partial charge in [-0.15, -0.1) is 0 Å². The molecule has 2 saturated heterocycles. The van der Waals surface area contributed by atoms with Gasteiger partial charge in [-0.25, -0.2) is 0 Å². The van der Waals surface area contributed by atoms with Crippen LogP contribution in [-0.4, -0.2) is 60.9 Å². The Balaban J connectivity index is 2.01. The lowest BCUT2D eigenvalue weighted by Crippen LogP contribution is -2.59. The van der Waals surface area contributed by atoms with E-state index in [1.165, 1.54) is 0 Å². The van der Waals surface area contributed by atoms with Crippen LogP contribution in [0.3, 0.4) is 0 Å². The van der Waals surface area contributed by atoms with Crippen molar-refractivity contribution in [1.82, 2.24) is 10.2 Å². The van der Waals surface area contributed by atoms with Gasteiger partial charge in [-0.1, -0.05) is 13.8 Å². The summed E-state index contributed by atoms with van der Waals surface area (Å²) >= 11 is 0. The van der Waals surface area contributed by atoms with Gasteiger partial charge in [-0.05, 0) is 24.8 Å². The lowest BCUT2D eigenvalue weighted by Gasteiger charge is -2.42. The third-order valence-electron chi connectivity index (χ3n) is 4.03. The zero-order valence-corrected chi connectivity index (χ0v) is 11.3. The molecule has 104 valence electrons. The highest BCUT2D eigenvalue weighted by Gasteiger charge is 2.40. The Labute approximate surface area is 108 Å². The number of rotatable bonds is 2. The maximum absolute atomic E-state index is 12.6. The molecule has 0 radical (unpaired) electrons. The first-order valence-corrected chi connectivity index (χ1v) is 6.79. The second-order valence-electron chi connectivity index (χ2n) is 5.94. The number of ether oxygens (including phenoxy) is 1. The van der Waals surface area contributed by atoms with E-state index in [-0.39, 0.29) is 30.1 Å². The molecule has 0 saturated carbocycles. The van der Waals surface area contributed by atoms with Crippen molar-refractivity contribution in [2.45, 2.75) is 38.8 Å². The summed E-state index contributed by atoms with van der Waals surface area (Å²) in [5, 5.41) is 12.5. The number of carbonyl (C=O) groups excluding carboxylic acids is 1. The van der Waals surface area contributed by atoms with E-state index in [4.69, 9.17) is 9.84 Å². The number of nitrogens with zero attached hydrogens (tertiary/aromatic N) is 1. The summed E-state index contributed by atoms with van der Waals surface area (Å²) in [7, 11) is 0. The summed E-state index contributed by atoms with van der Waals surface area (Å²) in [5.74, 6) is 0.154. The standard InChI is InChI=1S/C13H24N2O3/c1-13(2)4-3-5-14-11(13)12(17)15-6-7-18-10(8-15)9-16/h10-11,14,16H,3-9H2,1-2H3. The molecular weight excluding hydrogens is 232 g/mol. The fourth-order valence-corrected chi connectivity index (χ4v) is 2.85. The lowest BCUT2D eigenvalue weighted by atomic mass is 9.77. The van der Waals surface area contributed by atoms with Crippen LogP contribution in [0.4, 0.5) is 0 Å². The highest BCUT2D eigenvalue weighted by atomic mass is 16.5. The molecule has 2 heterocycles. The van der Waals surface area contributed by atoms with E-state index in [2.05, 4.69) is 19.2 Å². The zero-order valence-electron chi connectivity index (χ0n) is 11.3. The van der Waals surface area contributed by atoms with Gasteiger partial charge in [0, 0.05) is 13.1 Å². The van der Waals surface area contributed by atoms with Crippen LogP contribution in [0.5, 0.6) is 0 Å². The number of hydrogen-bond acceptors (Lipinski definition) is 4. The first-order chi connectivity index (χ1) is 8.54. The number of nitrogens with one attached hydrogen (secondary N) is 1. The van der Waals surface area contributed by atoms with Crippen molar-refractivity contribution in [1.29, 1.82) is 0 Å².